The fourth-order valence-corrected chi connectivity index (χ4v) is 2.29. The highest BCUT2D eigenvalue weighted by Gasteiger charge is 2.41. The molecule has 2 rings (SSSR count). The van der Waals surface area contributed by atoms with Gasteiger partial charge in [0, 0.05) is 0 Å². The summed E-state index contributed by atoms with van der Waals surface area (Å²) in [4.78, 5) is 23.8. The van der Waals surface area contributed by atoms with E-state index in [4.69, 9.17) is 9.47 Å². The van der Waals surface area contributed by atoms with Gasteiger partial charge >= 0.3 is 12.1 Å². The van der Waals surface area contributed by atoms with Gasteiger partial charge in [0.05, 0.1) is 7.11 Å². The van der Waals surface area contributed by atoms with Crippen molar-refractivity contribution in [3.63, 3.8) is 0 Å². The van der Waals surface area contributed by atoms with Gasteiger partial charge in [0.1, 0.15) is 12.1 Å². The Morgan fingerprint density at radius 3 is 2.52 bits per heavy atom. The van der Waals surface area contributed by atoms with Crippen LogP contribution in [0, 0.1) is 5.92 Å². The van der Waals surface area contributed by atoms with Crippen LogP contribution in [-0.4, -0.2) is 24.7 Å². The maximum atomic E-state index is 11.9. The highest BCUT2D eigenvalue weighted by Crippen LogP contribution is 2.37. The van der Waals surface area contributed by atoms with Gasteiger partial charge < -0.3 is 14.8 Å². The highest BCUT2D eigenvalue weighted by atomic mass is 16.6. The van der Waals surface area contributed by atoms with Crippen molar-refractivity contribution in [2.24, 2.45) is 5.92 Å². The van der Waals surface area contributed by atoms with Gasteiger partial charge in [-0.3, -0.25) is 0 Å². The minimum Gasteiger partial charge on any atom is -0.467 e. The number of rotatable bonds is 6. The lowest BCUT2D eigenvalue weighted by Crippen LogP contribution is -2.53. The van der Waals surface area contributed by atoms with E-state index in [1.54, 1.807) is 6.92 Å². The second-order valence-electron chi connectivity index (χ2n) is 5.66. The predicted molar refractivity (Wildman–Crippen MR) is 77.5 cm³/mol. The van der Waals surface area contributed by atoms with Crippen molar-refractivity contribution in [3.8, 4) is 0 Å². The smallest absolute Gasteiger partial charge is 0.408 e. The Morgan fingerprint density at radius 2 is 1.95 bits per heavy atom. The van der Waals surface area contributed by atoms with Crippen LogP contribution in [0.1, 0.15) is 31.7 Å². The van der Waals surface area contributed by atoms with Crippen molar-refractivity contribution >= 4 is 12.1 Å². The Balaban J connectivity index is 1.89. The summed E-state index contributed by atoms with van der Waals surface area (Å²) < 4.78 is 9.96. The number of ether oxygens (including phenoxy) is 2. The quantitative estimate of drug-likeness (QED) is 0.818. The molecule has 1 aliphatic rings. The van der Waals surface area contributed by atoms with Gasteiger partial charge in [-0.2, -0.15) is 0 Å². The van der Waals surface area contributed by atoms with Crippen molar-refractivity contribution in [2.75, 3.05) is 7.11 Å². The van der Waals surface area contributed by atoms with Crippen LogP contribution in [-0.2, 0) is 20.9 Å². The molecule has 1 atom stereocenters. The molecule has 1 amide bonds. The van der Waals surface area contributed by atoms with Crippen molar-refractivity contribution in [1.82, 2.24) is 5.32 Å². The summed E-state index contributed by atoms with van der Waals surface area (Å²) in [5.74, 6) is 0.0367. The molecule has 0 aromatic heterocycles. The molecule has 1 aromatic carbocycles. The topological polar surface area (TPSA) is 64.6 Å². The fraction of sp³-hybridized carbons (Fsp3) is 0.500. The van der Waals surface area contributed by atoms with E-state index in [1.807, 2.05) is 30.3 Å². The number of esters is 1. The Bertz CT molecular complexity index is 498. The molecule has 1 aromatic rings. The van der Waals surface area contributed by atoms with E-state index in [0.29, 0.717) is 12.3 Å². The molecule has 0 spiro atoms. The highest BCUT2D eigenvalue weighted by molar-refractivity contribution is 5.85. The van der Waals surface area contributed by atoms with Crippen LogP contribution >= 0.6 is 0 Å². The molecule has 114 valence electrons. The van der Waals surface area contributed by atoms with Crippen molar-refractivity contribution < 1.29 is 19.1 Å². The summed E-state index contributed by atoms with van der Waals surface area (Å²) in [6.45, 7) is 1.86. The number of carbonyl (C=O) groups excluding carboxylic acids is 2. The van der Waals surface area contributed by atoms with E-state index in [1.165, 1.54) is 7.11 Å². The SMILES string of the molecule is COC(=O)C(C)(CC1CC1)NC(=O)OCc1ccccc1. The standard InChI is InChI=1S/C16H21NO4/c1-16(14(18)20-2,10-12-8-9-12)17-15(19)21-11-13-6-4-3-5-7-13/h3-7,12H,8-11H2,1-2H3,(H,17,19). The summed E-state index contributed by atoms with van der Waals surface area (Å²) in [5.41, 5.74) is -0.126. The third-order valence-corrected chi connectivity index (χ3v) is 3.62. The van der Waals surface area contributed by atoms with Crippen molar-refractivity contribution in [2.45, 2.75) is 38.3 Å². The number of nitrogens with one attached hydrogen (secondary N) is 1. The van der Waals surface area contributed by atoms with Crippen LogP contribution in [0.4, 0.5) is 4.79 Å². The van der Waals surface area contributed by atoms with E-state index in [0.717, 1.165) is 18.4 Å². The van der Waals surface area contributed by atoms with Crippen LogP contribution in [0.5, 0.6) is 0 Å². The van der Waals surface area contributed by atoms with Crippen LogP contribution in [0.15, 0.2) is 30.3 Å². The largest absolute Gasteiger partial charge is 0.467 e. The summed E-state index contributed by atoms with van der Waals surface area (Å²) in [7, 11) is 1.32. The van der Waals surface area contributed by atoms with E-state index in [9.17, 15) is 9.59 Å². The molecular formula is C16H21NO4. The Hall–Kier alpha value is -2.04. The average molecular weight is 291 g/mol. The van der Waals surface area contributed by atoms with Crippen LogP contribution in [0.2, 0.25) is 0 Å². The molecule has 0 aliphatic heterocycles. The van der Waals surface area contributed by atoms with E-state index < -0.39 is 17.6 Å². The monoisotopic (exact) mass is 291 g/mol. The van der Waals surface area contributed by atoms with Crippen molar-refractivity contribution in [1.29, 1.82) is 0 Å². The third-order valence-electron chi connectivity index (χ3n) is 3.62. The van der Waals surface area contributed by atoms with Crippen LogP contribution in [0.25, 0.3) is 0 Å². The van der Waals surface area contributed by atoms with Gasteiger partial charge in [0.25, 0.3) is 0 Å². The molecule has 0 radical (unpaired) electrons. The van der Waals surface area contributed by atoms with Gasteiger partial charge in [-0.25, -0.2) is 9.59 Å². The second-order valence-corrected chi connectivity index (χ2v) is 5.66. The number of amides is 1. The molecular weight excluding hydrogens is 270 g/mol. The van der Waals surface area contributed by atoms with Gasteiger partial charge in [0.15, 0.2) is 0 Å². The first kappa shape index (κ1) is 15.4. The molecule has 1 unspecified atom stereocenters. The van der Waals surface area contributed by atoms with Gasteiger partial charge in [-0.15, -0.1) is 0 Å². The van der Waals surface area contributed by atoms with E-state index in [2.05, 4.69) is 5.32 Å². The fourth-order valence-electron chi connectivity index (χ4n) is 2.29. The van der Waals surface area contributed by atoms with Crippen LogP contribution in [0.3, 0.4) is 0 Å². The number of alkyl carbamates (subject to hydrolysis) is 1. The van der Waals surface area contributed by atoms with E-state index >= 15 is 0 Å². The van der Waals surface area contributed by atoms with Crippen molar-refractivity contribution in [3.05, 3.63) is 35.9 Å². The number of hydrogen-bond donors (Lipinski definition) is 1. The molecule has 5 heteroatoms. The number of benzene rings is 1. The molecule has 0 bridgehead atoms. The molecule has 21 heavy (non-hydrogen) atoms. The average Bonchev–Trinajstić information content (AvgIpc) is 3.29. The lowest BCUT2D eigenvalue weighted by atomic mass is 9.95. The minimum absolute atomic E-state index is 0.174. The third kappa shape index (κ3) is 4.48. The Morgan fingerprint density at radius 1 is 1.29 bits per heavy atom. The molecule has 5 nitrogen and oxygen atoms in total. The Kier molecular flexibility index (Phi) is 4.83. The zero-order chi connectivity index (χ0) is 15.3. The maximum absolute atomic E-state index is 11.9. The first-order valence-electron chi connectivity index (χ1n) is 7.11. The normalized spacial score (nSPS) is 16.7. The maximum Gasteiger partial charge on any atom is 0.408 e. The molecule has 0 saturated heterocycles. The van der Waals surface area contributed by atoms with Gasteiger partial charge in [0.2, 0.25) is 0 Å². The predicted octanol–water partition coefficient (Wildman–Crippen LogP) is 2.64. The van der Waals surface area contributed by atoms with Gasteiger partial charge in [-0.1, -0.05) is 43.2 Å². The molecule has 1 saturated carbocycles. The lowest BCUT2D eigenvalue weighted by Gasteiger charge is -2.27. The summed E-state index contributed by atoms with van der Waals surface area (Å²) in [5, 5.41) is 2.65. The second kappa shape index (κ2) is 6.61. The summed E-state index contributed by atoms with van der Waals surface area (Å²) in [6, 6.07) is 9.39. The van der Waals surface area contributed by atoms with E-state index in [-0.39, 0.29) is 6.61 Å². The molecule has 1 N–H and O–H groups in total. The number of hydrogen-bond acceptors (Lipinski definition) is 4. The molecule has 0 heterocycles. The van der Waals surface area contributed by atoms with Crippen LogP contribution < -0.4 is 5.32 Å². The Labute approximate surface area is 124 Å². The first-order chi connectivity index (χ1) is 10.0. The van der Waals surface area contributed by atoms with Gasteiger partial charge in [-0.05, 0) is 24.8 Å². The molecule has 1 fully saturated rings. The molecule has 1 aliphatic carbocycles. The zero-order valence-electron chi connectivity index (χ0n) is 12.4. The zero-order valence-corrected chi connectivity index (χ0v) is 12.4. The number of carbonyl (C=O) groups is 2. The first-order valence-corrected chi connectivity index (χ1v) is 7.11. The summed E-state index contributed by atoms with van der Waals surface area (Å²) in [6.07, 6.45) is 2.16. The summed E-state index contributed by atoms with van der Waals surface area (Å²) >= 11 is 0. The number of methoxy groups -OCH3 is 1. The minimum atomic E-state index is -1.02. The lowest BCUT2D eigenvalue weighted by molar-refractivity contribution is -0.148.